The van der Waals surface area contributed by atoms with Gasteiger partial charge in [0.1, 0.15) is 17.5 Å². The molecule has 100 valence electrons. The highest BCUT2D eigenvalue weighted by molar-refractivity contribution is 5.31. The number of hydrogen-bond acceptors (Lipinski definition) is 2. The molecule has 5 heteroatoms. The summed E-state index contributed by atoms with van der Waals surface area (Å²) >= 11 is 0. The molecule has 2 nitrogen and oxygen atoms in total. The minimum absolute atomic E-state index is 0.134. The van der Waals surface area contributed by atoms with Crippen LogP contribution in [0, 0.1) is 17.5 Å². The molecule has 0 radical (unpaired) electrons. The molecule has 1 heterocycles. The minimum atomic E-state index is -0.635. The van der Waals surface area contributed by atoms with Crippen LogP contribution in [0.2, 0.25) is 0 Å². The summed E-state index contributed by atoms with van der Waals surface area (Å²) in [5.41, 5.74) is 0.584. The van der Waals surface area contributed by atoms with E-state index in [1.165, 1.54) is 12.3 Å². The van der Waals surface area contributed by atoms with Gasteiger partial charge in [-0.3, -0.25) is 4.98 Å². The summed E-state index contributed by atoms with van der Waals surface area (Å²) in [6.07, 6.45) is 2.50. The molecule has 2 rings (SSSR count). The van der Waals surface area contributed by atoms with E-state index in [1.807, 2.05) is 6.92 Å². The fraction of sp³-hybridized carbons (Fsp3) is 0.214. The van der Waals surface area contributed by atoms with Gasteiger partial charge in [-0.05, 0) is 36.4 Å². The zero-order chi connectivity index (χ0) is 13.8. The van der Waals surface area contributed by atoms with Gasteiger partial charge in [0.25, 0.3) is 0 Å². The van der Waals surface area contributed by atoms with Gasteiger partial charge in [0, 0.05) is 11.8 Å². The van der Waals surface area contributed by atoms with Crippen LogP contribution in [0.25, 0.3) is 0 Å². The van der Waals surface area contributed by atoms with Crippen LogP contribution < -0.4 is 5.32 Å². The molecule has 0 aliphatic carbocycles. The first-order chi connectivity index (χ1) is 9.11. The molecule has 0 aliphatic rings. The number of aromatic nitrogens is 1. The van der Waals surface area contributed by atoms with Gasteiger partial charge in [0.15, 0.2) is 0 Å². The van der Waals surface area contributed by atoms with Gasteiger partial charge in [-0.25, -0.2) is 13.2 Å². The molecule has 0 bridgehead atoms. The molecule has 1 atom stereocenters. The van der Waals surface area contributed by atoms with Crippen LogP contribution in [-0.4, -0.2) is 11.5 Å². The lowest BCUT2D eigenvalue weighted by molar-refractivity contribution is 0.540. The first-order valence-corrected chi connectivity index (χ1v) is 5.90. The molecular weight excluding hydrogens is 253 g/mol. The molecule has 0 saturated carbocycles. The Labute approximate surface area is 109 Å². The summed E-state index contributed by atoms with van der Waals surface area (Å²) in [4.78, 5) is 3.73. The summed E-state index contributed by atoms with van der Waals surface area (Å²) in [6, 6.07) is 3.83. The van der Waals surface area contributed by atoms with Gasteiger partial charge in [-0.1, -0.05) is 6.92 Å². The Hall–Kier alpha value is -1.88. The number of hydrogen-bond donors (Lipinski definition) is 1. The molecule has 0 amide bonds. The number of halogens is 3. The Kier molecular flexibility index (Phi) is 4.16. The summed E-state index contributed by atoms with van der Waals surface area (Å²) < 4.78 is 40.3. The van der Waals surface area contributed by atoms with Gasteiger partial charge < -0.3 is 5.32 Å². The lowest BCUT2D eigenvalue weighted by Gasteiger charge is -2.19. The normalized spacial score (nSPS) is 12.4. The van der Waals surface area contributed by atoms with Gasteiger partial charge in [0.2, 0.25) is 0 Å². The van der Waals surface area contributed by atoms with Crippen molar-refractivity contribution in [2.45, 2.75) is 13.0 Å². The minimum Gasteiger partial charge on any atom is -0.306 e. The van der Waals surface area contributed by atoms with Crippen LogP contribution in [0.4, 0.5) is 13.2 Å². The maximum absolute atomic E-state index is 13.8. The van der Waals surface area contributed by atoms with Crippen molar-refractivity contribution in [3.05, 3.63) is 65.2 Å². The Morgan fingerprint density at radius 1 is 1.11 bits per heavy atom. The van der Waals surface area contributed by atoms with Crippen molar-refractivity contribution in [3.8, 4) is 0 Å². The Bertz CT molecular complexity index is 572. The van der Waals surface area contributed by atoms with Gasteiger partial charge in [-0.15, -0.1) is 0 Å². The predicted octanol–water partition coefficient (Wildman–Crippen LogP) is 3.20. The third kappa shape index (κ3) is 3.12. The maximum atomic E-state index is 13.8. The van der Waals surface area contributed by atoms with Crippen molar-refractivity contribution < 1.29 is 13.2 Å². The highest BCUT2D eigenvalue weighted by Gasteiger charge is 2.18. The average Bonchev–Trinajstić information content (AvgIpc) is 2.39. The lowest BCUT2D eigenvalue weighted by atomic mass is 9.99. The second kappa shape index (κ2) is 5.84. The molecule has 1 unspecified atom stereocenters. The molecule has 1 aromatic heterocycles. The summed E-state index contributed by atoms with van der Waals surface area (Å²) in [6.45, 7) is 2.36. The molecule has 19 heavy (non-hydrogen) atoms. The molecule has 1 N–H and O–H groups in total. The molecule has 2 aromatic rings. The second-order valence-electron chi connectivity index (χ2n) is 4.09. The number of pyridine rings is 1. The fourth-order valence-electron chi connectivity index (χ4n) is 1.93. The zero-order valence-corrected chi connectivity index (χ0v) is 10.3. The smallest absolute Gasteiger partial charge is 0.141 e. The van der Waals surface area contributed by atoms with Gasteiger partial charge in [-0.2, -0.15) is 0 Å². The monoisotopic (exact) mass is 266 g/mol. The van der Waals surface area contributed by atoms with Crippen LogP contribution in [-0.2, 0) is 0 Å². The largest absolute Gasteiger partial charge is 0.306 e. The lowest BCUT2D eigenvalue weighted by Crippen LogP contribution is -2.23. The van der Waals surface area contributed by atoms with Gasteiger partial charge in [0.05, 0.1) is 12.2 Å². The summed E-state index contributed by atoms with van der Waals surface area (Å²) in [5.74, 6) is -1.60. The van der Waals surface area contributed by atoms with E-state index in [9.17, 15) is 13.2 Å². The Morgan fingerprint density at radius 2 is 1.89 bits per heavy atom. The fourth-order valence-corrected chi connectivity index (χ4v) is 1.93. The molecule has 0 saturated heterocycles. The van der Waals surface area contributed by atoms with Crippen LogP contribution in [0.5, 0.6) is 0 Å². The third-order valence-corrected chi connectivity index (χ3v) is 2.74. The number of rotatable bonds is 4. The standard InChI is InChI=1S/C14H13F3N2/c1-2-19-14(9-5-11(16)8-18-7-9)12-6-10(15)3-4-13(12)17/h3-8,14,19H,2H2,1H3. The highest BCUT2D eigenvalue weighted by Crippen LogP contribution is 2.25. The van der Waals surface area contributed by atoms with Crippen LogP contribution in [0.1, 0.15) is 24.1 Å². The van der Waals surface area contributed by atoms with Crippen LogP contribution in [0.3, 0.4) is 0 Å². The second-order valence-corrected chi connectivity index (χ2v) is 4.09. The zero-order valence-electron chi connectivity index (χ0n) is 10.3. The highest BCUT2D eigenvalue weighted by atomic mass is 19.1. The van der Waals surface area contributed by atoms with Crippen molar-refractivity contribution in [3.63, 3.8) is 0 Å². The first-order valence-electron chi connectivity index (χ1n) is 5.90. The van der Waals surface area contributed by atoms with E-state index in [-0.39, 0.29) is 5.56 Å². The van der Waals surface area contributed by atoms with Crippen molar-refractivity contribution in [1.29, 1.82) is 0 Å². The number of nitrogens with one attached hydrogen (secondary N) is 1. The number of nitrogens with zero attached hydrogens (tertiary/aromatic N) is 1. The van der Waals surface area contributed by atoms with Crippen molar-refractivity contribution in [2.75, 3.05) is 6.54 Å². The molecule has 1 aromatic carbocycles. The van der Waals surface area contributed by atoms with E-state index in [2.05, 4.69) is 10.3 Å². The van der Waals surface area contributed by atoms with E-state index in [4.69, 9.17) is 0 Å². The molecule has 0 fully saturated rings. The van der Waals surface area contributed by atoms with E-state index in [0.29, 0.717) is 12.1 Å². The van der Waals surface area contributed by atoms with E-state index in [0.717, 1.165) is 24.4 Å². The predicted molar refractivity (Wildman–Crippen MR) is 66.1 cm³/mol. The van der Waals surface area contributed by atoms with Crippen LogP contribution in [0.15, 0.2) is 36.7 Å². The van der Waals surface area contributed by atoms with Crippen molar-refractivity contribution in [1.82, 2.24) is 10.3 Å². The van der Waals surface area contributed by atoms with Crippen LogP contribution >= 0.6 is 0 Å². The van der Waals surface area contributed by atoms with Crippen molar-refractivity contribution >= 4 is 0 Å². The third-order valence-electron chi connectivity index (χ3n) is 2.74. The average molecular weight is 266 g/mol. The quantitative estimate of drug-likeness (QED) is 0.919. The van der Waals surface area contributed by atoms with E-state index >= 15 is 0 Å². The van der Waals surface area contributed by atoms with Crippen molar-refractivity contribution in [2.24, 2.45) is 0 Å². The first kappa shape index (κ1) is 13.5. The summed E-state index contributed by atoms with van der Waals surface area (Å²) in [7, 11) is 0. The summed E-state index contributed by atoms with van der Waals surface area (Å²) in [5, 5.41) is 3.00. The topological polar surface area (TPSA) is 24.9 Å². The number of benzene rings is 1. The van der Waals surface area contributed by atoms with E-state index < -0.39 is 23.5 Å². The molecule has 0 aliphatic heterocycles. The maximum Gasteiger partial charge on any atom is 0.141 e. The van der Waals surface area contributed by atoms with E-state index in [1.54, 1.807) is 0 Å². The molecular formula is C14H13F3N2. The molecule has 0 spiro atoms. The van der Waals surface area contributed by atoms with Gasteiger partial charge >= 0.3 is 0 Å². The Balaban J connectivity index is 2.48. The Morgan fingerprint density at radius 3 is 2.58 bits per heavy atom. The SMILES string of the molecule is CCNC(c1cncc(F)c1)c1cc(F)ccc1F.